The molecule has 2 nitrogen and oxygen atoms in total. The highest BCUT2D eigenvalue weighted by atomic mass is 19.1. The highest BCUT2D eigenvalue weighted by Gasteiger charge is 2.28. The lowest BCUT2D eigenvalue weighted by Crippen LogP contribution is -2.30. The Morgan fingerprint density at radius 3 is 2.50 bits per heavy atom. The SMILES string of the molecule is CC(C)OCCN(Cc1ccc(F)cc1)C1CC1. The molecule has 0 unspecified atom stereocenters. The lowest BCUT2D eigenvalue weighted by Gasteiger charge is -2.22. The van der Waals surface area contributed by atoms with Gasteiger partial charge in [0, 0.05) is 19.1 Å². The van der Waals surface area contributed by atoms with E-state index in [0.29, 0.717) is 6.04 Å². The molecule has 0 spiro atoms. The summed E-state index contributed by atoms with van der Waals surface area (Å²) in [7, 11) is 0. The lowest BCUT2D eigenvalue weighted by molar-refractivity contribution is 0.0555. The van der Waals surface area contributed by atoms with Crippen LogP contribution < -0.4 is 0 Å². The average molecular weight is 251 g/mol. The van der Waals surface area contributed by atoms with Crippen LogP contribution in [0.1, 0.15) is 32.3 Å². The first-order chi connectivity index (χ1) is 8.65. The van der Waals surface area contributed by atoms with Crippen LogP contribution in [0.3, 0.4) is 0 Å². The van der Waals surface area contributed by atoms with Gasteiger partial charge in [0.15, 0.2) is 0 Å². The maximum Gasteiger partial charge on any atom is 0.123 e. The monoisotopic (exact) mass is 251 g/mol. The quantitative estimate of drug-likeness (QED) is 0.738. The van der Waals surface area contributed by atoms with Crippen LogP contribution in [0.5, 0.6) is 0 Å². The van der Waals surface area contributed by atoms with Gasteiger partial charge in [-0.3, -0.25) is 4.90 Å². The van der Waals surface area contributed by atoms with E-state index < -0.39 is 0 Å². The summed E-state index contributed by atoms with van der Waals surface area (Å²) in [6.07, 6.45) is 2.85. The summed E-state index contributed by atoms with van der Waals surface area (Å²) in [5.74, 6) is -0.167. The first-order valence-electron chi connectivity index (χ1n) is 6.75. The minimum atomic E-state index is -0.167. The third kappa shape index (κ3) is 4.39. The molecule has 0 heterocycles. The third-order valence-corrected chi connectivity index (χ3v) is 3.19. The Labute approximate surface area is 109 Å². The van der Waals surface area contributed by atoms with Gasteiger partial charge in [0.25, 0.3) is 0 Å². The van der Waals surface area contributed by atoms with Crippen LogP contribution in [0.15, 0.2) is 24.3 Å². The Balaban J connectivity index is 1.84. The Morgan fingerprint density at radius 1 is 1.28 bits per heavy atom. The van der Waals surface area contributed by atoms with Gasteiger partial charge in [-0.1, -0.05) is 12.1 Å². The minimum absolute atomic E-state index is 0.167. The zero-order valence-electron chi connectivity index (χ0n) is 11.2. The van der Waals surface area contributed by atoms with Crippen molar-refractivity contribution in [2.24, 2.45) is 0 Å². The molecule has 0 bridgehead atoms. The molecule has 100 valence electrons. The van der Waals surface area contributed by atoms with E-state index in [2.05, 4.69) is 18.7 Å². The molecule has 0 aliphatic heterocycles. The summed E-state index contributed by atoms with van der Waals surface area (Å²) < 4.78 is 18.5. The Kier molecular flexibility index (Phi) is 4.72. The van der Waals surface area contributed by atoms with Gasteiger partial charge in [0.1, 0.15) is 5.82 Å². The van der Waals surface area contributed by atoms with Gasteiger partial charge in [-0.15, -0.1) is 0 Å². The molecule has 2 rings (SSSR count). The van der Waals surface area contributed by atoms with E-state index >= 15 is 0 Å². The Morgan fingerprint density at radius 2 is 1.94 bits per heavy atom. The van der Waals surface area contributed by atoms with Crippen LogP contribution in [0.4, 0.5) is 4.39 Å². The first-order valence-corrected chi connectivity index (χ1v) is 6.75. The molecule has 0 radical (unpaired) electrons. The van der Waals surface area contributed by atoms with Crippen LogP contribution in [0.25, 0.3) is 0 Å². The molecule has 1 saturated carbocycles. The number of benzene rings is 1. The maximum atomic E-state index is 12.9. The highest BCUT2D eigenvalue weighted by Crippen LogP contribution is 2.28. The number of hydrogen-bond acceptors (Lipinski definition) is 2. The van der Waals surface area contributed by atoms with Gasteiger partial charge < -0.3 is 4.74 Å². The maximum absolute atomic E-state index is 12.9. The summed E-state index contributed by atoms with van der Waals surface area (Å²) in [5.41, 5.74) is 1.17. The Bertz CT molecular complexity index is 359. The number of hydrogen-bond donors (Lipinski definition) is 0. The van der Waals surface area contributed by atoms with Crippen molar-refractivity contribution in [3.05, 3.63) is 35.6 Å². The smallest absolute Gasteiger partial charge is 0.123 e. The van der Waals surface area contributed by atoms with Crippen molar-refractivity contribution >= 4 is 0 Å². The van der Waals surface area contributed by atoms with E-state index in [1.54, 1.807) is 0 Å². The molecule has 3 heteroatoms. The fraction of sp³-hybridized carbons (Fsp3) is 0.600. The molecule has 1 aliphatic rings. The second-order valence-corrected chi connectivity index (χ2v) is 5.25. The minimum Gasteiger partial charge on any atom is -0.377 e. The number of halogens is 1. The van der Waals surface area contributed by atoms with Crippen molar-refractivity contribution in [3.63, 3.8) is 0 Å². The van der Waals surface area contributed by atoms with Crippen molar-refractivity contribution < 1.29 is 9.13 Å². The van der Waals surface area contributed by atoms with E-state index in [9.17, 15) is 4.39 Å². The topological polar surface area (TPSA) is 12.5 Å². The van der Waals surface area contributed by atoms with Crippen LogP contribution in [-0.2, 0) is 11.3 Å². The van der Waals surface area contributed by atoms with Crippen molar-refractivity contribution in [3.8, 4) is 0 Å². The van der Waals surface area contributed by atoms with E-state index in [0.717, 1.165) is 19.7 Å². The molecule has 18 heavy (non-hydrogen) atoms. The predicted octanol–water partition coefficient (Wildman–Crippen LogP) is 3.22. The molecule has 0 amide bonds. The average Bonchev–Trinajstić information content (AvgIpc) is 3.14. The van der Waals surface area contributed by atoms with Crippen LogP contribution >= 0.6 is 0 Å². The number of rotatable bonds is 7. The Hall–Kier alpha value is -0.930. The first kappa shape index (κ1) is 13.5. The number of ether oxygens (including phenoxy) is 1. The van der Waals surface area contributed by atoms with Crippen molar-refractivity contribution in [1.82, 2.24) is 4.90 Å². The fourth-order valence-electron chi connectivity index (χ4n) is 2.06. The molecule has 1 aliphatic carbocycles. The third-order valence-electron chi connectivity index (χ3n) is 3.19. The normalized spacial score (nSPS) is 15.6. The molecular weight excluding hydrogens is 229 g/mol. The van der Waals surface area contributed by atoms with Gasteiger partial charge >= 0.3 is 0 Å². The lowest BCUT2D eigenvalue weighted by atomic mass is 10.2. The summed E-state index contributed by atoms with van der Waals surface area (Å²) in [6.45, 7) is 6.74. The molecule has 0 saturated heterocycles. The van der Waals surface area contributed by atoms with Gasteiger partial charge in [0.2, 0.25) is 0 Å². The predicted molar refractivity (Wildman–Crippen MR) is 70.9 cm³/mol. The number of nitrogens with zero attached hydrogens (tertiary/aromatic N) is 1. The summed E-state index contributed by atoms with van der Waals surface area (Å²) >= 11 is 0. The summed E-state index contributed by atoms with van der Waals surface area (Å²) in [4.78, 5) is 2.44. The molecule has 0 N–H and O–H groups in total. The van der Waals surface area contributed by atoms with Gasteiger partial charge in [0.05, 0.1) is 12.7 Å². The van der Waals surface area contributed by atoms with Gasteiger partial charge in [-0.25, -0.2) is 4.39 Å². The summed E-state index contributed by atoms with van der Waals surface area (Å²) in [5, 5.41) is 0. The second-order valence-electron chi connectivity index (χ2n) is 5.25. The van der Waals surface area contributed by atoms with Crippen LogP contribution in [-0.4, -0.2) is 30.2 Å². The van der Waals surface area contributed by atoms with Gasteiger partial charge in [-0.2, -0.15) is 0 Å². The zero-order chi connectivity index (χ0) is 13.0. The van der Waals surface area contributed by atoms with Crippen LogP contribution in [0.2, 0.25) is 0 Å². The standard InChI is InChI=1S/C15H22FNO/c1-12(2)18-10-9-17(15-7-8-15)11-13-3-5-14(16)6-4-13/h3-6,12,15H,7-11H2,1-2H3. The van der Waals surface area contributed by atoms with Crippen molar-refractivity contribution in [2.75, 3.05) is 13.2 Å². The van der Waals surface area contributed by atoms with E-state index in [4.69, 9.17) is 4.74 Å². The van der Waals surface area contributed by atoms with E-state index in [-0.39, 0.29) is 11.9 Å². The molecule has 1 aromatic carbocycles. The van der Waals surface area contributed by atoms with Crippen molar-refractivity contribution in [1.29, 1.82) is 0 Å². The molecule has 1 fully saturated rings. The fourth-order valence-corrected chi connectivity index (χ4v) is 2.06. The zero-order valence-corrected chi connectivity index (χ0v) is 11.2. The largest absolute Gasteiger partial charge is 0.377 e. The van der Waals surface area contributed by atoms with E-state index in [1.807, 2.05) is 12.1 Å². The molecule has 0 aromatic heterocycles. The molecule has 1 aromatic rings. The van der Waals surface area contributed by atoms with E-state index in [1.165, 1.54) is 30.5 Å². The van der Waals surface area contributed by atoms with Crippen molar-refractivity contribution in [2.45, 2.75) is 45.4 Å². The van der Waals surface area contributed by atoms with Crippen LogP contribution in [0, 0.1) is 5.82 Å². The summed E-state index contributed by atoms with van der Waals surface area (Å²) in [6, 6.07) is 7.50. The molecular formula is C15H22FNO. The van der Waals surface area contributed by atoms with Gasteiger partial charge in [-0.05, 0) is 44.4 Å². The molecule has 0 atom stereocenters. The highest BCUT2D eigenvalue weighted by molar-refractivity contribution is 5.16. The second kappa shape index (κ2) is 6.30.